The monoisotopic (exact) mass is 422 g/mol. The number of sulfonamides is 1. The second-order valence-electron chi connectivity index (χ2n) is 5.68. The van der Waals surface area contributed by atoms with Crippen molar-refractivity contribution in [2.75, 3.05) is 6.54 Å². The number of rotatable bonds is 6. The van der Waals surface area contributed by atoms with Gasteiger partial charge in [0.05, 0.1) is 17.3 Å². The van der Waals surface area contributed by atoms with Crippen LogP contribution in [-0.2, 0) is 23.0 Å². The number of primary sulfonamides is 1. The zero-order chi connectivity index (χ0) is 18.8. The predicted molar refractivity (Wildman–Crippen MR) is 103 cm³/mol. The molecule has 0 saturated carbocycles. The van der Waals surface area contributed by atoms with Gasteiger partial charge in [0.25, 0.3) is 0 Å². The normalized spacial score (nSPS) is 12.2. The first-order valence-corrected chi connectivity index (χ1v) is 9.44. The molecular weight excluding hydrogens is 402 g/mol. The molecule has 0 radical (unpaired) electrons. The Kier molecular flexibility index (Phi) is 7.79. The van der Waals surface area contributed by atoms with E-state index in [1.54, 1.807) is 16.8 Å². The van der Waals surface area contributed by atoms with E-state index in [1.165, 1.54) is 12.1 Å². The molecule has 10 heteroatoms. The number of nitrogens with two attached hydrogens (primary N) is 2. The van der Waals surface area contributed by atoms with Gasteiger partial charge >= 0.3 is 0 Å². The molecule has 0 aliphatic heterocycles. The van der Waals surface area contributed by atoms with Crippen molar-refractivity contribution in [3.8, 4) is 0 Å². The molecule has 0 spiro atoms. The van der Waals surface area contributed by atoms with E-state index in [1.807, 2.05) is 13.8 Å². The van der Waals surface area contributed by atoms with Crippen molar-refractivity contribution in [3.63, 3.8) is 0 Å². The molecular formula is C16H21Cl2FN4O2S. The van der Waals surface area contributed by atoms with Crippen LogP contribution in [0.3, 0.4) is 0 Å². The highest BCUT2D eigenvalue weighted by Gasteiger charge is 2.16. The third kappa shape index (κ3) is 5.28. The van der Waals surface area contributed by atoms with Gasteiger partial charge in [-0.05, 0) is 37.6 Å². The lowest BCUT2D eigenvalue weighted by molar-refractivity contribution is 0.517. The molecule has 1 heterocycles. The van der Waals surface area contributed by atoms with E-state index in [2.05, 4.69) is 5.10 Å². The SMILES string of the molecule is Cc1nn(C/C(F)=C/CN)c(C)c1Cc1ccc(S(N)(=O)=O)c(Cl)c1.Cl. The quantitative estimate of drug-likeness (QED) is 0.745. The Labute approximate surface area is 163 Å². The smallest absolute Gasteiger partial charge is 0.239 e. The summed E-state index contributed by atoms with van der Waals surface area (Å²) in [5.74, 6) is -0.347. The molecule has 0 aliphatic carbocycles. The second-order valence-corrected chi connectivity index (χ2v) is 7.62. The molecule has 2 rings (SSSR count). The van der Waals surface area contributed by atoms with Gasteiger partial charge in [0, 0.05) is 24.2 Å². The van der Waals surface area contributed by atoms with E-state index in [0.29, 0.717) is 6.42 Å². The fourth-order valence-electron chi connectivity index (χ4n) is 2.57. The molecule has 6 nitrogen and oxygen atoms in total. The van der Waals surface area contributed by atoms with Crippen molar-refractivity contribution in [1.29, 1.82) is 0 Å². The molecule has 26 heavy (non-hydrogen) atoms. The minimum absolute atomic E-state index is 0. The number of benzene rings is 1. The fourth-order valence-corrected chi connectivity index (χ4v) is 3.68. The second kappa shape index (κ2) is 8.96. The van der Waals surface area contributed by atoms with Gasteiger partial charge in [-0.25, -0.2) is 17.9 Å². The van der Waals surface area contributed by atoms with Crippen LogP contribution in [0.15, 0.2) is 35.0 Å². The predicted octanol–water partition coefficient (Wildman–Crippen LogP) is 2.63. The van der Waals surface area contributed by atoms with Gasteiger partial charge in [-0.2, -0.15) is 5.10 Å². The van der Waals surface area contributed by atoms with Crippen molar-refractivity contribution in [3.05, 3.63) is 57.6 Å². The van der Waals surface area contributed by atoms with Crippen LogP contribution in [-0.4, -0.2) is 24.7 Å². The Hall–Kier alpha value is -1.45. The van der Waals surface area contributed by atoms with Gasteiger partial charge in [0.15, 0.2) is 0 Å². The van der Waals surface area contributed by atoms with Crippen LogP contribution in [0.4, 0.5) is 4.39 Å². The fraction of sp³-hybridized carbons (Fsp3) is 0.312. The molecule has 0 bridgehead atoms. The molecule has 0 atom stereocenters. The summed E-state index contributed by atoms with van der Waals surface area (Å²) < 4.78 is 38.1. The zero-order valence-corrected chi connectivity index (χ0v) is 16.8. The highest BCUT2D eigenvalue weighted by Crippen LogP contribution is 2.25. The summed E-state index contributed by atoms with van der Waals surface area (Å²) in [6, 6.07) is 4.59. The summed E-state index contributed by atoms with van der Waals surface area (Å²) in [7, 11) is -3.86. The molecule has 0 saturated heterocycles. The third-order valence-corrected chi connectivity index (χ3v) is 5.25. The maximum Gasteiger partial charge on any atom is 0.239 e. The summed E-state index contributed by atoms with van der Waals surface area (Å²) in [5.41, 5.74) is 8.63. The minimum atomic E-state index is -3.86. The number of allylic oxidation sites excluding steroid dienone is 1. The standard InChI is InChI=1S/C16H20ClFN4O2S.ClH/c1-10-14(11(2)22(21-10)9-13(18)5-6-19)7-12-3-4-16(15(17)8-12)25(20,23)24;/h3-5,8H,6-7,9,19H2,1-2H3,(H2,20,23,24);1H/b13-5-;. The maximum absolute atomic E-state index is 13.7. The summed E-state index contributed by atoms with van der Waals surface area (Å²) in [4.78, 5) is -0.115. The first-order valence-electron chi connectivity index (χ1n) is 7.52. The average molecular weight is 423 g/mol. The van der Waals surface area contributed by atoms with Crippen LogP contribution in [0.1, 0.15) is 22.5 Å². The van der Waals surface area contributed by atoms with E-state index in [-0.39, 0.29) is 41.2 Å². The van der Waals surface area contributed by atoms with E-state index in [0.717, 1.165) is 22.5 Å². The van der Waals surface area contributed by atoms with Gasteiger partial charge in [0.1, 0.15) is 10.7 Å². The first kappa shape index (κ1) is 22.6. The first-order chi connectivity index (χ1) is 11.6. The Morgan fingerprint density at radius 2 is 2.04 bits per heavy atom. The lowest BCUT2D eigenvalue weighted by Crippen LogP contribution is -2.12. The van der Waals surface area contributed by atoms with Crippen molar-refractivity contribution >= 4 is 34.0 Å². The Morgan fingerprint density at radius 1 is 1.38 bits per heavy atom. The number of aryl methyl sites for hydroxylation is 1. The maximum atomic E-state index is 13.7. The van der Waals surface area contributed by atoms with Gasteiger partial charge in [-0.1, -0.05) is 17.7 Å². The number of nitrogens with zero attached hydrogens (tertiary/aromatic N) is 2. The summed E-state index contributed by atoms with van der Waals surface area (Å²) >= 11 is 6.02. The number of aromatic nitrogens is 2. The third-order valence-electron chi connectivity index (χ3n) is 3.86. The molecule has 0 fully saturated rings. The molecule has 1 aromatic carbocycles. The number of halogens is 3. The number of hydrogen-bond donors (Lipinski definition) is 2. The zero-order valence-electron chi connectivity index (χ0n) is 14.4. The van der Waals surface area contributed by atoms with Gasteiger partial charge in [-0.3, -0.25) is 4.68 Å². The molecule has 2 aromatic rings. The lowest BCUT2D eigenvalue weighted by atomic mass is 10.0. The Balaban J connectivity index is 0.00000338. The lowest BCUT2D eigenvalue weighted by Gasteiger charge is -2.07. The Bertz CT molecular complexity index is 927. The van der Waals surface area contributed by atoms with Gasteiger partial charge in [0.2, 0.25) is 10.0 Å². The minimum Gasteiger partial charge on any atom is -0.327 e. The van der Waals surface area contributed by atoms with Crippen molar-refractivity contribution < 1.29 is 12.8 Å². The van der Waals surface area contributed by atoms with Crippen LogP contribution in [0.25, 0.3) is 0 Å². The largest absolute Gasteiger partial charge is 0.327 e. The van der Waals surface area contributed by atoms with E-state index >= 15 is 0 Å². The van der Waals surface area contributed by atoms with Crippen LogP contribution in [0, 0.1) is 13.8 Å². The van der Waals surface area contributed by atoms with E-state index in [9.17, 15) is 12.8 Å². The Morgan fingerprint density at radius 3 is 2.58 bits per heavy atom. The van der Waals surface area contributed by atoms with Crippen LogP contribution >= 0.6 is 24.0 Å². The highest BCUT2D eigenvalue weighted by molar-refractivity contribution is 7.89. The molecule has 0 aliphatic rings. The van der Waals surface area contributed by atoms with Gasteiger partial charge in [-0.15, -0.1) is 12.4 Å². The van der Waals surface area contributed by atoms with Crippen molar-refractivity contribution in [2.24, 2.45) is 10.9 Å². The van der Waals surface area contributed by atoms with Gasteiger partial charge < -0.3 is 5.73 Å². The number of hydrogen-bond acceptors (Lipinski definition) is 4. The topological polar surface area (TPSA) is 104 Å². The van der Waals surface area contributed by atoms with E-state index < -0.39 is 10.0 Å². The molecule has 0 unspecified atom stereocenters. The van der Waals surface area contributed by atoms with Crippen LogP contribution < -0.4 is 10.9 Å². The van der Waals surface area contributed by atoms with E-state index in [4.69, 9.17) is 22.5 Å². The summed E-state index contributed by atoms with van der Waals surface area (Å²) in [6.45, 7) is 3.84. The highest BCUT2D eigenvalue weighted by atomic mass is 35.5. The molecule has 0 amide bonds. The molecule has 4 N–H and O–H groups in total. The van der Waals surface area contributed by atoms with Crippen LogP contribution in [0.5, 0.6) is 0 Å². The molecule has 144 valence electrons. The molecule has 1 aromatic heterocycles. The average Bonchev–Trinajstić information content (AvgIpc) is 2.74. The summed E-state index contributed by atoms with van der Waals surface area (Å²) in [6.07, 6.45) is 1.80. The van der Waals surface area contributed by atoms with Crippen LogP contribution in [0.2, 0.25) is 5.02 Å². The summed E-state index contributed by atoms with van der Waals surface area (Å²) in [5, 5.41) is 9.53. The van der Waals surface area contributed by atoms with Crippen molar-refractivity contribution in [1.82, 2.24) is 9.78 Å². The van der Waals surface area contributed by atoms with Crippen molar-refractivity contribution in [2.45, 2.75) is 31.7 Å².